The van der Waals surface area contributed by atoms with Crippen LogP contribution in [0.4, 0.5) is 0 Å². The van der Waals surface area contributed by atoms with Crippen molar-refractivity contribution in [1.82, 2.24) is 4.90 Å². The third-order valence-electron chi connectivity index (χ3n) is 3.52. The van der Waals surface area contributed by atoms with E-state index < -0.39 is 0 Å². The highest BCUT2D eigenvalue weighted by atomic mass is 16.5. The molecule has 0 N–H and O–H groups in total. The van der Waals surface area contributed by atoms with Gasteiger partial charge in [-0.15, -0.1) is 0 Å². The molecule has 16 heavy (non-hydrogen) atoms. The average molecular weight is 219 g/mol. The van der Waals surface area contributed by atoms with Crippen molar-refractivity contribution in [2.45, 2.75) is 39.3 Å². The number of hydrogen-bond acceptors (Lipinski definition) is 2. The lowest BCUT2D eigenvalue weighted by Gasteiger charge is -2.33. The van der Waals surface area contributed by atoms with Crippen LogP contribution in [0.3, 0.4) is 0 Å². The maximum Gasteiger partial charge on any atom is 0.152 e. The molecule has 1 atom stereocenters. The number of hydrogen-bond donors (Lipinski definition) is 0. The first-order chi connectivity index (χ1) is 7.68. The molecule has 1 aromatic carbocycles. The lowest BCUT2D eigenvalue weighted by Crippen LogP contribution is -2.40. The van der Waals surface area contributed by atoms with Gasteiger partial charge >= 0.3 is 0 Å². The first-order valence-electron chi connectivity index (χ1n) is 6.11. The Morgan fingerprint density at radius 2 is 2.06 bits per heavy atom. The van der Waals surface area contributed by atoms with Gasteiger partial charge in [-0.3, -0.25) is 4.90 Å². The molecule has 88 valence electrons. The van der Waals surface area contributed by atoms with E-state index in [4.69, 9.17) is 4.74 Å². The van der Waals surface area contributed by atoms with Crippen LogP contribution < -0.4 is 4.74 Å². The zero-order valence-corrected chi connectivity index (χ0v) is 10.5. The van der Waals surface area contributed by atoms with Crippen LogP contribution in [-0.4, -0.2) is 24.7 Å². The van der Waals surface area contributed by atoms with Crippen LogP contribution in [0.1, 0.15) is 30.4 Å². The number of benzene rings is 1. The Kier molecular flexibility index (Phi) is 3.49. The van der Waals surface area contributed by atoms with E-state index >= 15 is 0 Å². The lowest BCUT2D eigenvalue weighted by molar-refractivity contribution is 0.0146. The molecule has 0 radical (unpaired) electrons. The van der Waals surface area contributed by atoms with Gasteiger partial charge in [0.25, 0.3) is 0 Å². The summed E-state index contributed by atoms with van der Waals surface area (Å²) in [5.74, 6) is 1.04. The first kappa shape index (κ1) is 11.5. The topological polar surface area (TPSA) is 12.5 Å². The Morgan fingerprint density at radius 3 is 2.81 bits per heavy atom. The lowest BCUT2D eigenvalue weighted by atomic mass is 10.1. The van der Waals surface area contributed by atoms with Gasteiger partial charge in [-0.05, 0) is 57.4 Å². The first-order valence-corrected chi connectivity index (χ1v) is 6.11. The van der Waals surface area contributed by atoms with Crippen LogP contribution in [-0.2, 0) is 0 Å². The average Bonchev–Trinajstić information content (AvgIpc) is 2.28. The van der Waals surface area contributed by atoms with Crippen LogP contribution in [0.25, 0.3) is 0 Å². The fraction of sp³-hybridized carbons (Fsp3) is 0.571. The van der Waals surface area contributed by atoms with E-state index in [-0.39, 0.29) is 6.23 Å². The van der Waals surface area contributed by atoms with Gasteiger partial charge in [0, 0.05) is 6.54 Å². The smallest absolute Gasteiger partial charge is 0.152 e. The summed E-state index contributed by atoms with van der Waals surface area (Å²) in [4.78, 5) is 2.31. The summed E-state index contributed by atoms with van der Waals surface area (Å²) >= 11 is 0. The van der Waals surface area contributed by atoms with Gasteiger partial charge in [0.15, 0.2) is 6.23 Å². The van der Waals surface area contributed by atoms with Crippen molar-refractivity contribution in [3.8, 4) is 5.75 Å². The molecule has 2 nitrogen and oxygen atoms in total. The Bertz CT molecular complexity index is 362. The number of ether oxygens (including phenoxy) is 1. The quantitative estimate of drug-likeness (QED) is 0.757. The molecule has 0 aromatic heterocycles. The molecular weight excluding hydrogens is 198 g/mol. The van der Waals surface area contributed by atoms with Crippen molar-refractivity contribution in [3.05, 3.63) is 29.3 Å². The summed E-state index contributed by atoms with van der Waals surface area (Å²) < 4.78 is 6.11. The maximum atomic E-state index is 6.11. The van der Waals surface area contributed by atoms with E-state index in [1.165, 1.54) is 24.0 Å². The molecule has 2 rings (SSSR count). The van der Waals surface area contributed by atoms with Gasteiger partial charge in [0.1, 0.15) is 5.75 Å². The summed E-state index contributed by atoms with van der Waals surface area (Å²) in [5, 5.41) is 0. The standard InChI is InChI=1S/C14H21NO/c1-11-7-6-8-13(12(11)2)16-14-9-4-5-10-15(14)3/h6-8,14H,4-5,9-10H2,1-3H3. The fourth-order valence-electron chi connectivity index (χ4n) is 2.19. The summed E-state index contributed by atoms with van der Waals surface area (Å²) in [6, 6.07) is 6.28. The van der Waals surface area contributed by atoms with Crippen LogP contribution in [0.2, 0.25) is 0 Å². The second kappa shape index (κ2) is 4.88. The minimum absolute atomic E-state index is 0.259. The molecule has 1 heterocycles. The van der Waals surface area contributed by atoms with Crippen molar-refractivity contribution in [1.29, 1.82) is 0 Å². The highest BCUT2D eigenvalue weighted by Gasteiger charge is 2.20. The van der Waals surface area contributed by atoms with Crippen LogP contribution in [0, 0.1) is 13.8 Å². The van der Waals surface area contributed by atoms with Gasteiger partial charge < -0.3 is 4.74 Å². The molecule has 1 fully saturated rings. The molecule has 2 heteroatoms. The highest BCUT2D eigenvalue weighted by molar-refractivity contribution is 5.38. The van der Waals surface area contributed by atoms with E-state index in [1.54, 1.807) is 0 Å². The van der Waals surface area contributed by atoms with Crippen molar-refractivity contribution >= 4 is 0 Å². The molecule has 0 spiro atoms. The zero-order valence-electron chi connectivity index (χ0n) is 10.5. The number of rotatable bonds is 2. The van der Waals surface area contributed by atoms with Gasteiger partial charge in [-0.2, -0.15) is 0 Å². The van der Waals surface area contributed by atoms with Crippen molar-refractivity contribution < 1.29 is 4.74 Å². The normalized spacial score (nSPS) is 22.1. The summed E-state index contributed by atoms with van der Waals surface area (Å²) in [6.45, 7) is 5.41. The predicted octanol–water partition coefficient (Wildman–Crippen LogP) is 3.12. The van der Waals surface area contributed by atoms with Crippen LogP contribution in [0.15, 0.2) is 18.2 Å². The van der Waals surface area contributed by atoms with Gasteiger partial charge in [-0.1, -0.05) is 12.1 Å². The zero-order chi connectivity index (χ0) is 11.5. The summed E-state index contributed by atoms with van der Waals surface area (Å²) in [7, 11) is 2.15. The van der Waals surface area contributed by atoms with E-state index in [0.29, 0.717) is 0 Å². The third-order valence-corrected chi connectivity index (χ3v) is 3.52. The van der Waals surface area contributed by atoms with Gasteiger partial charge in [0.05, 0.1) is 0 Å². The molecule has 1 saturated heterocycles. The Balaban J connectivity index is 2.10. The molecule has 0 bridgehead atoms. The minimum atomic E-state index is 0.259. The molecule has 1 aromatic rings. The number of aryl methyl sites for hydroxylation is 1. The second-order valence-corrected chi connectivity index (χ2v) is 4.75. The van der Waals surface area contributed by atoms with Crippen LogP contribution in [0.5, 0.6) is 5.75 Å². The fourth-order valence-corrected chi connectivity index (χ4v) is 2.19. The van der Waals surface area contributed by atoms with E-state index in [2.05, 4.69) is 44.0 Å². The molecule has 0 saturated carbocycles. The summed E-state index contributed by atoms with van der Waals surface area (Å²) in [5.41, 5.74) is 2.57. The third kappa shape index (κ3) is 2.38. The predicted molar refractivity (Wildman–Crippen MR) is 66.8 cm³/mol. The Morgan fingerprint density at radius 1 is 1.25 bits per heavy atom. The van der Waals surface area contributed by atoms with E-state index in [0.717, 1.165) is 18.7 Å². The van der Waals surface area contributed by atoms with Gasteiger partial charge in [-0.25, -0.2) is 0 Å². The van der Waals surface area contributed by atoms with Crippen molar-refractivity contribution in [2.75, 3.05) is 13.6 Å². The molecule has 0 aliphatic carbocycles. The Labute approximate surface area is 98.2 Å². The van der Waals surface area contributed by atoms with Gasteiger partial charge in [0.2, 0.25) is 0 Å². The Hall–Kier alpha value is -1.02. The molecule has 1 unspecified atom stereocenters. The van der Waals surface area contributed by atoms with Crippen molar-refractivity contribution in [3.63, 3.8) is 0 Å². The second-order valence-electron chi connectivity index (χ2n) is 4.75. The maximum absolute atomic E-state index is 6.11. The molecule has 1 aliphatic heterocycles. The van der Waals surface area contributed by atoms with Crippen molar-refractivity contribution in [2.24, 2.45) is 0 Å². The number of piperidine rings is 1. The SMILES string of the molecule is Cc1cccc(OC2CCCCN2C)c1C. The molecule has 1 aliphatic rings. The number of nitrogens with zero attached hydrogens (tertiary/aromatic N) is 1. The van der Waals surface area contributed by atoms with E-state index in [1.807, 2.05) is 0 Å². The highest BCUT2D eigenvalue weighted by Crippen LogP contribution is 2.25. The van der Waals surface area contributed by atoms with Crippen LogP contribution >= 0.6 is 0 Å². The minimum Gasteiger partial charge on any atom is -0.475 e. The molecular formula is C14H21NO. The number of likely N-dealkylation sites (tertiary alicyclic amines) is 1. The monoisotopic (exact) mass is 219 g/mol. The van der Waals surface area contributed by atoms with E-state index in [9.17, 15) is 0 Å². The molecule has 0 amide bonds. The summed E-state index contributed by atoms with van der Waals surface area (Å²) in [6.07, 6.45) is 3.97. The largest absolute Gasteiger partial charge is 0.475 e.